The minimum atomic E-state index is -3.42. The van der Waals surface area contributed by atoms with Crippen molar-refractivity contribution in [3.63, 3.8) is 0 Å². The van der Waals surface area contributed by atoms with Crippen molar-refractivity contribution >= 4 is 15.8 Å². The van der Waals surface area contributed by atoms with Crippen LogP contribution in [0.5, 0.6) is 0 Å². The Labute approximate surface area is 127 Å². The molecule has 2 atom stereocenters. The molecule has 0 aliphatic carbocycles. The van der Waals surface area contributed by atoms with Crippen LogP contribution in [0.4, 0.5) is 5.82 Å². The second kappa shape index (κ2) is 6.29. The lowest BCUT2D eigenvalue weighted by Crippen LogP contribution is -2.47. The van der Waals surface area contributed by atoms with E-state index in [2.05, 4.69) is 16.8 Å². The average Bonchev–Trinajstić information content (AvgIpc) is 2.47. The number of hydrogen-bond donors (Lipinski definition) is 1. The summed E-state index contributed by atoms with van der Waals surface area (Å²) in [7, 11) is -0.386. The first-order chi connectivity index (χ1) is 9.86. The maximum absolute atomic E-state index is 12.0. The first-order valence-electron chi connectivity index (χ1n) is 7.25. The Hall–Kier alpha value is -1.18. The fraction of sp³-hybridized carbons (Fsp3) is 0.643. The van der Waals surface area contributed by atoms with Gasteiger partial charge in [0.05, 0.1) is 0 Å². The zero-order valence-corrected chi connectivity index (χ0v) is 13.7. The van der Waals surface area contributed by atoms with Gasteiger partial charge in [-0.05, 0) is 24.5 Å². The van der Waals surface area contributed by atoms with Crippen LogP contribution in [0.25, 0.3) is 0 Å². The van der Waals surface area contributed by atoms with Crippen molar-refractivity contribution in [2.75, 3.05) is 32.1 Å². The molecular weight excluding hydrogens is 288 g/mol. The van der Waals surface area contributed by atoms with Crippen LogP contribution in [-0.2, 0) is 10.0 Å². The highest BCUT2D eigenvalue weighted by molar-refractivity contribution is 7.89. The maximum atomic E-state index is 12.0. The fourth-order valence-electron chi connectivity index (χ4n) is 2.61. The van der Waals surface area contributed by atoms with E-state index < -0.39 is 10.0 Å². The van der Waals surface area contributed by atoms with E-state index in [0.29, 0.717) is 5.92 Å². The number of piperidine rings is 1. The number of nitrogens with two attached hydrogens (primary N) is 1. The van der Waals surface area contributed by atoms with Gasteiger partial charge in [0.2, 0.25) is 10.0 Å². The first kappa shape index (κ1) is 16.2. The summed E-state index contributed by atoms with van der Waals surface area (Å²) >= 11 is 0. The summed E-state index contributed by atoms with van der Waals surface area (Å²) in [6.07, 6.45) is 3.42. The summed E-state index contributed by atoms with van der Waals surface area (Å²) < 4.78 is 25.2. The van der Waals surface area contributed by atoms with Gasteiger partial charge in [0.15, 0.2) is 0 Å². The van der Waals surface area contributed by atoms with Gasteiger partial charge in [-0.25, -0.2) is 17.7 Å². The molecule has 2 rings (SSSR count). The molecule has 0 spiro atoms. The van der Waals surface area contributed by atoms with Crippen molar-refractivity contribution in [3.05, 3.63) is 18.3 Å². The standard InChI is InChI=1S/C14H24N4O2S/c1-4-11-10-18(8-7-13(11)15)14-6-5-12(9-16-14)21(19,20)17(2)3/h5-6,9,11,13H,4,7-8,10,15H2,1-3H3. The largest absolute Gasteiger partial charge is 0.356 e. The zero-order chi connectivity index (χ0) is 15.6. The minimum absolute atomic E-state index is 0.219. The quantitative estimate of drug-likeness (QED) is 0.893. The number of aromatic nitrogens is 1. The molecule has 0 saturated carbocycles. The number of pyridine rings is 1. The number of rotatable bonds is 4. The number of anilines is 1. The molecule has 7 heteroatoms. The lowest BCUT2D eigenvalue weighted by Gasteiger charge is -2.37. The molecule has 1 saturated heterocycles. The van der Waals surface area contributed by atoms with Crippen LogP contribution in [0.15, 0.2) is 23.2 Å². The molecule has 0 amide bonds. The molecule has 1 aliphatic heterocycles. The molecule has 118 valence electrons. The van der Waals surface area contributed by atoms with Gasteiger partial charge in [-0.1, -0.05) is 13.3 Å². The second-order valence-corrected chi connectivity index (χ2v) is 7.86. The van der Waals surface area contributed by atoms with Gasteiger partial charge in [-0.3, -0.25) is 0 Å². The van der Waals surface area contributed by atoms with Crippen LogP contribution in [0, 0.1) is 5.92 Å². The Kier molecular flexibility index (Phi) is 4.85. The number of hydrogen-bond acceptors (Lipinski definition) is 5. The fourth-order valence-corrected chi connectivity index (χ4v) is 3.46. The molecular formula is C14H24N4O2S. The average molecular weight is 312 g/mol. The Morgan fingerprint density at radius 2 is 2.14 bits per heavy atom. The third-order valence-electron chi connectivity index (χ3n) is 4.14. The van der Waals surface area contributed by atoms with Crippen molar-refractivity contribution in [3.8, 4) is 0 Å². The van der Waals surface area contributed by atoms with Gasteiger partial charge >= 0.3 is 0 Å². The van der Waals surface area contributed by atoms with E-state index in [-0.39, 0.29) is 10.9 Å². The molecule has 6 nitrogen and oxygen atoms in total. The molecule has 2 N–H and O–H groups in total. The predicted octanol–water partition coefficient (Wildman–Crippen LogP) is 0.895. The Morgan fingerprint density at radius 3 is 2.67 bits per heavy atom. The Balaban J connectivity index is 2.16. The van der Waals surface area contributed by atoms with Gasteiger partial charge < -0.3 is 10.6 Å². The predicted molar refractivity (Wildman–Crippen MR) is 83.7 cm³/mol. The summed E-state index contributed by atoms with van der Waals surface area (Å²) in [5.74, 6) is 1.28. The molecule has 21 heavy (non-hydrogen) atoms. The van der Waals surface area contributed by atoms with Crippen LogP contribution >= 0.6 is 0 Å². The van der Waals surface area contributed by atoms with E-state index in [0.717, 1.165) is 31.7 Å². The topological polar surface area (TPSA) is 79.5 Å². The van der Waals surface area contributed by atoms with Crippen LogP contribution in [-0.4, -0.2) is 50.9 Å². The zero-order valence-electron chi connectivity index (χ0n) is 12.9. The van der Waals surface area contributed by atoms with Crippen LogP contribution in [0.3, 0.4) is 0 Å². The van der Waals surface area contributed by atoms with Gasteiger partial charge in [0, 0.05) is 39.4 Å². The Morgan fingerprint density at radius 1 is 1.43 bits per heavy atom. The van der Waals surface area contributed by atoms with Gasteiger partial charge in [-0.2, -0.15) is 0 Å². The van der Waals surface area contributed by atoms with Crippen LogP contribution in [0.1, 0.15) is 19.8 Å². The smallest absolute Gasteiger partial charge is 0.244 e. The summed E-state index contributed by atoms with van der Waals surface area (Å²) in [6.45, 7) is 3.89. The van der Waals surface area contributed by atoms with Crippen molar-refractivity contribution in [1.82, 2.24) is 9.29 Å². The molecule has 1 aromatic heterocycles. The van der Waals surface area contributed by atoms with Crippen molar-refractivity contribution < 1.29 is 8.42 Å². The number of sulfonamides is 1. The second-order valence-electron chi connectivity index (χ2n) is 5.71. The van der Waals surface area contributed by atoms with E-state index in [1.807, 2.05) is 0 Å². The summed E-state index contributed by atoms with van der Waals surface area (Å²) in [4.78, 5) is 6.73. The maximum Gasteiger partial charge on any atom is 0.244 e. The van der Waals surface area contributed by atoms with Gasteiger partial charge in [0.1, 0.15) is 10.7 Å². The third-order valence-corrected chi connectivity index (χ3v) is 5.94. The molecule has 0 bridgehead atoms. The van der Waals surface area contributed by atoms with Crippen LogP contribution < -0.4 is 10.6 Å². The monoisotopic (exact) mass is 312 g/mol. The lowest BCUT2D eigenvalue weighted by molar-refractivity contribution is 0.347. The van der Waals surface area contributed by atoms with Gasteiger partial charge in [-0.15, -0.1) is 0 Å². The summed E-state index contributed by atoms with van der Waals surface area (Å²) in [5, 5.41) is 0. The lowest BCUT2D eigenvalue weighted by atomic mass is 9.91. The highest BCUT2D eigenvalue weighted by atomic mass is 32.2. The van der Waals surface area contributed by atoms with E-state index in [9.17, 15) is 8.42 Å². The van der Waals surface area contributed by atoms with Gasteiger partial charge in [0.25, 0.3) is 0 Å². The van der Waals surface area contributed by atoms with E-state index in [1.54, 1.807) is 12.1 Å². The molecule has 1 aliphatic rings. The molecule has 0 radical (unpaired) electrons. The molecule has 1 aromatic rings. The molecule has 2 unspecified atom stereocenters. The highest BCUT2D eigenvalue weighted by Crippen LogP contribution is 2.24. The molecule has 0 aromatic carbocycles. The number of nitrogens with zero attached hydrogens (tertiary/aromatic N) is 3. The Bertz CT molecular complexity index is 571. The van der Waals surface area contributed by atoms with Crippen molar-refractivity contribution in [2.45, 2.75) is 30.7 Å². The third kappa shape index (κ3) is 3.36. The van der Waals surface area contributed by atoms with Crippen molar-refractivity contribution in [2.24, 2.45) is 11.7 Å². The first-order valence-corrected chi connectivity index (χ1v) is 8.69. The molecule has 2 heterocycles. The van der Waals surface area contributed by atoms with Crippen LogP contribution in [0.2, 0.25) is 0 Å². The van der Waals surface area contributed by atoms with E-state index in [1.165, 1.54) is 24.6 Å². The summed E-state index contributed by atoms with van der Waals surface area (Å²) in [6, 6.07) is 3.65. The SMILES string of the molecule is CCC1CN(c2ccc(S(=O)(=O)N(C)C)cn2)CCC1N. The highest BCUT2D eigenvalue weighted by Gasteiger charge is 2.26. The van der Waals surface area contributed by atoms with E-state index >= 15 is 0 Å². The minimum Gasteiger partial charge on any atom is -0.356 e. The molecule has 1 fully saturated rings. The van der Waals surface area contributed by atoms with E-state index in [4.69, 9.17) is 5.73 Å². The summed E-state index contributed by atoms with van der Waals surface area (Å²) in [5.41, 5.74) is 6.11. The normalized spacial score (nSPS) is 23.6. The van der Waals surface area contributed by atoms with Crippen molar-refractivity contribution in [1.29, 1.82) is 0 Å².